The third-order valence-corrected chi connectivity index (χ3v) is 3.54. The van der Waals surface area contributed by atoms with Gasteiger partial charge in [0.15, 0.2) is 6.29 Å². The van der Waals surface area contributed by atoms with E-state index in [0.29, 0.717) is 0 Å². The summed E-state index contributed by atoms with van der Waals surface area (Å²) in [5, 5.41) is 53.5. The molecule has 0 aliphatic carbocycles. The summed E-state index contributed by atoms with van der Waals surface area (Å²) in [7, 11) is 0. The van der Waals surface area contributed by atoms with Gasteiger partial charge in [-0.3, -0.25) is 4.79 Å². The van der Waals surface area contributed by atoms with Crippen LogP contribution in [0.2, 0.25) is 0 Å². The maximum Gasteiger partial charge on any atom is 0.255 e. The quantitative estimate of drug-likeness (QED) is 0.227. The predicted molar refractivity (Wildman–Crippen MR) is 78.1 cm³/mol. The molecule has 1 fully saturated rings. The molecule has 24 heavy (non-hydrogen) atoms. The van der Waals surface area contributed by atoms with Gasteiger partial charge in [0.05, 0.1) is 5.56 Å². The van der Waals surface area contributed by atoms with Crippen LogP contribution in [0.15, 0.2) is 23.3 Å². The van der Waals surface area contributed by atoms with E-state index < -0.39 is 42.4 Å². The Kier molecular flexibility index (Phi) is 5.57. The topological polar surface area (TPSA) is 188 Å². The summed E-state index contributed by atoms with van der Waals surface area (Å²) in [5.41, 5.74) is 8.32. The van der Waals surface area contributed by atoms with Crippen molar-refractivity contribution in [2.45, 2.75) is 30.7 Å². The number of aliphatic hydroxyl groups is 4. The summed E-state index contributed by atoms with van der Waals surface area (Å²) in [5.74, 6) is -1.14. The molecule has 1 unspecified atom stereocenters. The van der Waals surface area contributed by atoms with Gasteiger partial charge < -0.3 is 35.6 Å². The lowest BCUT2D eigenvalue weighted by Gasteiger charge is -2.38. The highest BCUT2D eigenvalue weighted by Crippen LogP contribution is 2.24. The van der Waals surface area contributed by atoms with Gasteiger partial charge in [-0.05, 0) is 17.7 Å². The summed E-state index contributed by atoms with van der Waals surface area (Å²) in [6.07, 6.45) is -7.69. The highest BCUT2D eigenvalue weighted by atomic mass is 16.6. The number of azide groups is 1. The molecule has 1 aromatic carbocycles. The fourth-order valence-corrected chi connectivity index (χ4v) is 2.21. The zero-order valence-corrected chi connectivity index (χ0v) is 12.2. The number of phenolic OH excluding ortho intramolecular Hbond substituents is 1. The van der Waals surface area contributed by atoms with Gasteiger partial charge in [0.1, 0.15) is 30.2 Å². The molecule has 0 spiro atoms. The molecular formula is C13H16N4O7. The molecule has 5 atom stereocenters. The van der Waals surface area contributed by atoms with Gasteiger partial charge in [-0.2, -0.15) is 0 Å². The van der Waals surface area contributed by atoms with Crippen LogP contribution in [0.4, 0.5) is 5.69 Å². The first-order valence-electron chi connectivity index (χ1n) is 6.89. The number of ether oxygens (including phenoxy) is 1. The molecule has 0 aromatic heterocycles. The van der Waals surface area contributed by atoms with E-state index in [1.165, 1.54) is 12.1 Å². The molecular weight excluding hydrogens is 324 g/mol. The summed E-state index contributed by atoms with van der Waals surface area (Å²) >= 11 is 0. The van der Waals surface area contributed by atoms with E-state index in [4.69, 9.17) is 10.3 Å². The van der Waals surface area contributed by atoms with Crippen molar-refractivity contribution in [3.05, 3.63) is 34.2 Å². The monoisotopic (exact) mass is 340 g/mol. The number of benzene rings is 1. The predicted octanol–water partition coefficient (Wildman–Crippen LogP) is -1.14. The third kappa shape index (κ3) is 3.74. The molecule has 1 saturated heterocycles. The van der Waals surface area contributed by atoms with Crippen molar-refractivity contribution in [3.8, 4) is 5.75 Å². The number of hydrogen-bond donors (Lipinski definition) is 6. The molecule has 1 amide bonds. The van der Waals surface area contributed by atoms with Crippen molar-refractivity contribution >= 4 is 11.6 Å². The Labute approximate surface area is 135 Å². The maximum atomic E-state index is 12.0. The molecule has 11 heteroatoms. The summed E-state index contributed by atoms with van der Waals surface area (Å²) < 4.78 is 4.91. The van der Waals surface area contributed by atoms with E-state index in [1.807, 2.05) is 0 Å². The molecule has 0 radical (unpaired) electrons. The van der Waals surface area contributed by atoms with Crippen LogP contribution in [0.1, 0.15) is 10.4 Å². The lowest BCUT2D eigenvalue weighted by atomic mass is 9.99. The number of aromatic hydroxyl groups is 1. The highest BCUT2D eigenvalue weighted by molar-refractivity contribution is 5.97. The second-order valence-electron chi connectivity index (χ2n) is 5.14. The van der Waals surface area contributed by atoms with Crippen molar-refractivity contribution in [1.29, 1.82) is 0 Å². The van der Waals surface area contributed by atoms with Gasteiger partial charge in [-0.25, -0.2) is 0 Å². The Bertz CT molecular complexity index is 664. The summed E-state index contributed by atoms with van der Waals surface area (Å²) in [4.78, 5) is 14.6. The van der Waals surface area contributed by atoms with Crippen molar-refractivity contribution in [1.82, 2.24) is 5.32 Å². The Hall–Kier alpha value is -2.40. The average molecular weight is 340 g/mol. The van der Waals surface area contributed by atoms with Crippen LogP contribution in [-0.2, 0) is 4.74 Å². The van der Waals surface area contributed by atoms with Gasteiger partial charge in [0, 0.05) is 17.1 Å². The molecule has 0 saturated carbocycles. The number of phenols is 1. The molecule has 0 bridgehead atoms. The summed E-state index contributed by atoms with van der Waals surface area (Å²) in [6.45, 7) is -0.293. The van der Waals surface area contributed by atoms with E-state index in [0.717, 1.165) is 6.07 Å². The van der Waals surface area contributed by atoms with Crippen LogP contribution in [-0.4, -0.2) is 68.7 Å². The van der Waals surface area contributed by atoms with Crippen LogP contribution in [0.3, 0.4) is 0 Å². The SMILES string of the molecule is [N-]=[N+]=Nc1ccc(C(=O)NCC2O[C@@H](O)[C@@H](O)[C@@H](O)[C@@H]2O)c(O)c1. The number of aliphatic hydroxyl groups excluding tert-OH is 4. The number of carbonyl (C=O) groups is 1. The van der Waals surface area contributed by atoms with Gasteiger partial charge in [-0.15, -0.1) is 0 Å². The molecule has 2 rings (SSSR count). The number of nitrogens with one attached hydrogen (secondary N) is 1. The molecule has 1 aromatic rings. The molecule has 1 aliphatic rings. The van der Waals surface area contributed by atoms with E-state index in [-0.39, 0.29) is 17.8 Å². The summed E-state index contributed by atoms with van der Waals surface area (Å²) in [6, 6.07) is 3.66. The highest BCUT2D eigenvalue weighted by Gasteiger charge is 2.42. The smallest absolute Gasteiger partial charge is 0.255 e. The Morgan fingerprint density at radius 2 is 1.96 bits per heavy atom. The number of carbonyl (C=O) groups excluding carboxylic acids is 1. The lowest BCUT2D eigenvalue weighted by Crippen LogP contribution is -2.60. The Morgan fingerprint density at radius 1 is 1.25 bits per heavy atom. The van der Waals surface area contributed by atoms with Gasteiger partial charge >= 0.3 is 0 Å². The molecule has 130 valence electrons. The maximum absolute atomic E-state index is 12.0. The molecule has 11 nitrogen and oxygen atoms in total. The van der Waals surface area contributed by atoms with Crippen molar-refractivity contribution < 1.29 is 35.1 Å². The van der Waals surface area contributed by atoms with Crippen LogP contribution >= 0.6 is 0 Å². The minimum absolute atomic E-state index is 0.113. The number of rotatable bonds is 4. The van der Waals surface area contributed by atoms with Crippen LogP contribution in [0.5, 0.6) is 5.75 Å². The molecule has 1 heterocycles. The zero-order valence-electron chi connectivity index (χ0n) is 12.2. The second-order valence-corrected chi connectivity index (χ2v) is 5.14. The first-order chi connectivity index (χ1) is 11.3. The minimum atomic E-state index is -1.71. The van der Waals surface area contributed by atoms with Crippen LogP contribution in [0.25, 0.3) is 10.4 Å². The van der Waals surface area contributed by atoms with E-state index in [2.05, 4.69) is 15.3 Å². The minimum Gasteiger partial charge on any atom is -0.507 e. The second kappa shape index (κ2) is 7.45. The standard InChI is InChI=1S/C13H16N4O7/c14-17-16-5-1-2-6(7(18)3-5)12(22)15-4-8-9(19)10(20)11(21)13(23)24-8/h1-3,8-11,13,18-21,23H,4H2,(H,15,22)/t8?,9-,10+,11+,13-/m1/s1. The van der Waals surface area contributed by atoms with Gasteiger partial charge in [0.25, 0.3) is 5.91 Å². The Morgan fingerprint density at radius 3 is 2.58 bits per heavy atom. The normalized spacial score (nSPS) is 29.6. The van der Waals surface area contributed by atoms with Gasteiger partial charge in [-0.1, -0.05) is 11.2 Å². The Balaban J connectivity index is 2.01. The first kappa shape index (κ1) is 17.9. The fourth-order valence-electron chi connectivity index (χ4n) is 2.21. The van der Waals surface area contributed by atoms with E-state index >= 15 is 0 Å². The van der Waals surface area contributed by atoms with Gasteiger partial charge in [0.2, 0.25) is 0 Å². The number of amides is 1. The first-order valence-corrected chi connectivity index (χ1v) is 6.89. The fraction of sp³-hybridized carbons (Fsp3) is 0.462. The molecule has 6 N–H and O–H groups in total. The van der Waals surface area contributed by atoms with E-state index in [1.54, 1.807) is 0 Å². The van der Waals surface area contributed by atoms with Crippen LogP contribution < -0.4 is 5.32 Å². The van der Waals surface area contributed by atoms with Crippen molar-refractivity contribution in [2.24, 2.45) is 5.11 Å². The number of nitrogens with zero attached hydrogens (tertiary/aromatic N) is 3. The largest absolute Gasteiger partial charge is 0.507 e. The third-order valence-electron chi connectivity index (χ3n) is 3.54. The van der Waals surface area contributed by atoms with Crippen LogP contribution in [0, 0.1) is 0 Å². The number of hydrogen-bond acceptors (Lipinski definition) is 8. The zero-order chi connectivity index (χ0) is 17.9. The molecule has 1 aliphatic heterocycles. The van der Waals surface area contributed by atoms with Crippen molar-refractivity contribution in [3.63, 3.8) is 0 Å². The lowest BCUT2D eigenvalue weighted by molar-refractivity contribution is -0.279. The van der Waals surface area contributed by atoms with Crippen molar-refractivity contribution in [2.75, 3.05) is 6.54 Å². The average Bonchev–Trinajstić information content (AvgIpc) is 2.55. The van der Waals surface area contributed by atoms with E-state index in [9.17, 15) is 30.3 Å².